The maximum absolute atomic E-state index is 12.9. The fourth-order valence-electron chi connectivity index (χ4n) is 8.99. The van der Waals surface area contributed by atoms with E-state index in [0.717, 1.165) is 135 Å². The van der Waals surface area contributed by atoms with Crippen molar-refractivity contribution in [1.29, 1.82) is 0 Å². The molecule has 0 aromatic rings. The van der Waals surface area contributed by atoms with Gasteiger partial charge in [0.2, 0.25) is 0 Å². The van der Waals surface area contributed by atoms with Crippen molar-refractivity contribution >= 4 is 17.9 Å². The minimum absolute atomic E-state index is 0.169. The molecule has 0 aliphatic rings. The summed E-state index contributed by atoms with van der Waals surface area (Å²) in [4.78, 5) is 37.6. The predicted octanol–water partition coefficient (Wildman–Crippen LogP) is 22.6. The lowest BCUT2D eigenvalue weighted by atomic mass is 10.0. The lowest BCUT2D eigenvalue weighted by molar-refractivity contribution is -0.870. The van der Waals surface area contributed by atoms with Crippen LogP contribution >= 0.6 is 0 Å². The molecule has 2 atom stereocenters. The molecule has 9 heteroatoms. The Balaban J connectivity index is 4.27. The number of carboxylic acid groups (broad SMARTS) is 1. The smallest absolute Gasteiger partial charge is 0.361 e. The molecule has 510 valence electrons. The Bertz CT molecular complexity index is 2200. The van der Waals surface area contributed by atoms with Gasteiger partial charge in [0.25, 0.3) is 6.29 Å². The number of carbonyl (C=O) groups excluding carboxylic acids is 2. The SMILES string of the molecule is CC/C=C\C/C=C\C/C=C\C/C=C\C/C=C\C/C=C\C/C=C\C/C=C\C/C=C\C/C=C\C/C=C\C/C=C\CCCCC(=O)OC(COC(=O)CCCCCCCCCCCCCCCC/C=C\C/C=C\C/C=C\C/C=C\CC)COC(OCC[N+](C)(C)C)C(=O)O. The molecular weight excluding hydrogens is 1130 g/mol. The number of aliphatic carboxylic acids is 1. The first-order valence-corrected chi connectivity index (χ1v) is 35.6. The molecule has 0 saturated carbocycles. The van der Waals surface area contributed by atoms with Gasteiger partial charge in [0.1, 0.15) is 13.2 Å². The first kappa shape index (κ1) is 85.1. The average Bonchev–Trinajstić information content (AvgIpc) is 3.46. The Morgan fingerprint density at radius 2 is 0.593 bits per heavy atom. The second kappa shape index (κ2) is 70.0. The van der Waals surface area contributed by atoms with Crippen LogP contribution in [0.25, 0.3) is 0 Å². The molecule has 0 aliphatic heterocycles. The van der Waals surface area contributed by atoms with Gasteiger partial charge in [0, 0.05) is 12.8 Å². The zero-order valence-corrected chi connectivity index (χ0v) is 58.2. The lowest BCUT2D eigenvalue weighted by Gasteiger charge is -2.25. The third-order valence-electron chi connectivity index (χ3n) is 14.3. The summed E-state index contributed by atoms with van der Waals surface area (Å²) in [5.41, 5.74) is 0. The molecule has 0 fully saturated rings. The van der Waals surface area contributed by atoms with Gasteiger partial charge in [-0.05, 0) is 141 Å². The van der Waals surface area contributed by atoms with E-state index in [4.69, 9.17) is 18.9 Å². The molecule has 0 spiro atoms. The number of esters is 2. The van der Waals surface area contributed by atoms with E-state index in [2.05, 4.69) is 208 Å². The zero-order chi connectivity index (χ0) is 66.1. The van der Waals surface area contributed by atoms with E-state index in [1.807, 2.05) is 21.1 Å². The molecule has 0 radical (unpaired) electrons. The van der Waals surface area contributed by atoms with E-state index < -0.39 is 24.3 Å². The van der Waals surface area contributed by atoms with E-state index in [1.165, 1.54) is 77.0 Å². The molecule has 0 saturated heterocycles. The fourth-order valence-corrected chi connectivity index (χ4v) is 8.99. The number of unbranched alkanes of at least 4 members (excludes halogenated alkanes) is 16. The summed E-state index contributed by atoms with van der Waals surface area (Å²) < 4.78 is 22.9. The van der Waals surface area contributed by atoms with Gasteiger partial charge in [-0.15, -0.1) is 0 Å². The van der Waals surface area contributed by atoms with Crippen LogP contribution in [0.15, 0.2) is 194 Å². The number of ether oxygens (including phenoxy) is 4. The molecular formula is C82H130NO8+. The van der Waals surface area contributed by atoms with Crippen molar-refractivity contribution in [3.63, 3.8) is 0 Å². The van der Waals surface area contributed by atoms with Gasteiger partial charge in [0.15, 0.2) is 6.10 Å². The van der Waals surface area contributed by atoms with Crippen molar-refractivity contribution in [2.75, 3.05) is 47.5 Å². The topological polar surface area (TPSA) is 108 Å². The van der Waals surface area contributed by atoms with E-state index in [1.54, 1.807) is 0 Å². The second-order valence-electron chi connectivity index (χ2n) is 24.1. The van der Waals surface area contributed by atoms with Gasteiger partial charge < -0.3 is 28.5 Å². The number of likely N-dealkylation sites (N-methyl/N-ethyl adjacent to an activating group) is 1. The van der Waals surface area contributed by atoms with Crippen molar-refractivity contribution in [3.8, 4) is 0 Å². The maximum atomic E-state index is 12.9. The van der Waals surface area contributed by atoms with E-state index in [9.17, 15) is 19.5 Å². The number of quaternary nitrogens is 1. The van der Waals surface area contributed by atoms with E-state index >= 15 is 0 Å². The molecule has 0 aromatic heterocycles. The van der Waals surface area contributed by atoms with E-state index in [0.29, 0.717) is 17.4 Å². The summed E-state index contributed by atoms with van der Waals surface area (Å²) in [7, 11) is 5.95. The molecule has 9 nitrogen and oxygen atoms in total. The highest BCUT2D eigenvalue weighted by Gasteiger charge is 2.25. The van der Waals surface area contributed by atoms with Crippen LogP contribution in [0, 0.1) is 0 Å². The first-order chi connectivity index (χ1) is 44.6. The Hall–Kier alpha value is -5.87. The summed E-state index contributed by atoms with van der Waals surface area (Å²) in [5, 5.41) is 9.75. The Morgan fingerprint density at radius 3 is 0.901 bits per heavy atom. The van der Waals surface area contributed by atoms with Crippen LogP contribution in [-0.2, 0) is 33.3 Å². The first-order valence-electron chi connectivity index (χ1n) is 35.6. The van der Waals surface area contributed by atoms with E-state index in [-0.39, 0.29) is 38.6 Å². The number of nitrogens with zero attached hydrogens (tertiary/aromatic N) is 1. The Kier molecular flexibility index (Phi) is 65.5. The zero-order valence-electron chi connectivity index (χ0n) is 58.2. The predicted molar refractivity (Wildman–Crippen MR) is 391 cm³/mol. The minimum atomic E-state index is -1.54. The molecule has 91 heavy (non-hydrogen) atoms. The van der Waals surface area contributed by atoms with Crippen molar-refractivity contribution < 1.29 is 42.9 Å². The number of carbonyl (C=O) groups is 3. The molecule has 2 unspecified atom stereocenters. The fraction of sp³-hybridized carbons (Fsp3) is 0.573. The van der Waals surface area contributed by atoms with Crippen LogP contribution in [-0.4, -0.2) is 87.4 Å². The lowest BCUT2D eigenvalue weighted by Crippen LogP contribution is -2.40. The standard InChI is InChI=1S/C82H129NO8/c1-6-8-10-12-14-16-18-20-22-24-26-28-30-32-34-35-36-37-38-39-40-41-42-43-44-45-47-49-51-53-55-57-59-61-63-65-67-69-71-73-80(85)91-78(77-90-82(81(86)87)88-75-74-83(3,4)5)76-89-79(84)72-70-68-66-64-62-60-58-56-54-52-50-48-46-33-31-29-27-25-23-21-19-17-15-13-11-9-7-2/h8-11,14-17,20-23,26-29,32,34,36-37,39-40,42-43,45,47,51,53,57,59,63,65,78,82H,6-7,12-13,18-19,24-25,30-31,33,35,38,41,44,46,48-50,52,54-56,58,60-62,64,66-77H2,1-5H3/p+1/b10-8-,11-9-,16-14-,17-15-,22-20-,23-21-,28-26-,29-27-,34-32-,37-36-,40-39-,43-42-,47-45-,53-51-,59-57-,65-63-. The summed E-state index contributed by atoms with van der Waals surface area (Å²) in [6, 6.07) is 0. The van der Waals surface area contributed by atoms with Crippen LogP contribution < -0.4 is 0 Å². The van der Waals surface area contributed by atoms with Gasteiger partial charge >= 0.3 is 17.9 Å². The van der Waals surface area contributed by atoms with Crippen LogP contribution in [0.4, 0.5) is 0 Å². The largest absolute Gasteiger partial charge is 0.477 e. The number of allylic oxidation sites excluding steroid dienone is 32. The van der Waals surface area contributed by atoms with Crippen molar-refractivity contribution in [2.45, 2.75) is 257 Å². The highest BCUT2D eigenvalue weighted by molar-refractivity contribution is 5.71. The van der Waals surface area contributed by atoms with Gasteiger partial charge in [-0.1, -0.05) is 285 Å². The second-order valence-corrected chi connectivity index (χ2v) is 24.1. The third-order valence-corrected chi connectivity index (χ3v) is 14.3. The summed E-state index contributed by atoms with van der Waals surface area (Å²) >= 11 is 0. The monoisotopic (exact) mass is 1260 g/mol. The van der Waals surface area contributed by atoms with Gasteiger partial charge in [0.05, 0.1) is 34.4 Å². The average molecular weight is 1260 g/mol. The van der Waals surface area contributed by atoms with Crippen LogP contribution in [0.5, 0.6) is 0 Å². The van der Waals surface area contributed by atoms with Crippen molar-refractivity contribution in [3.05, 3.63) is 194 Å². The molecule has 0 aromatic carbocycles. The minimum Gasteiger partial charge on any atom is -0.477 e. The molecule has 0 rings (SSSR count). The van der Waals surface area contributed by atoms with Crippen molar-refractivity contribution in [1.82, 2.24) is 0 Å². The highest BCUT2D eigenvalue weighted by atomic mass is 16.7. The summed E-state index contributed by atoms with van der Waals surface area (Å²) in [6.07, 6.45) is 105. The maximum Gasteiger partial charge on any atom is 0.361 e. The number of carboxylic acids is 1. The molecule has 0 amide bonds. The third kappa shape index (κ3) is 71.4. The molecule has 0 aliphatic carbocycles. The van der Waals surface area contributed by atoms with Gasteiger partial charge in [-0.2, -0.15) is 0 Å². The van der Waals surface area contributed by atoms with Gasteiger partial charge in [-0.3, -0.25) is 9.59 Å². The normalized spacial score (nSPS) is 13.9. The van der Waals surface area contributed by atoms with Crippen LogP contribution in [0.1, 0.15) is 245 Å². The van der Waals surface area contributed by atoms with Crippen LogP contribution in [0.2, 0.25) is 0 Å². The Labute approximate surface area is 557 Å². The van der Waals surface area contributed by atoms with Gasteiger partial charge in [-0.25, -0.2) is 4.79 Å². The number of rotatable bonds is 63. The van der Waals surface area contributed by atoms with Crippen LogP contribution in [0.3, 0.4) is 0 Å². The molecule has 0 heterocycles. The number of hydrogen-bond acceptors (Lipinski definition) is 7. The molecule has 1 N–H and O–H groups in total. The summed E-state index contributed by atoms with van der Waals surface area (Å²) in [5.74, 6) is -2.08. The van der Waals surface area contributed by atoms with Crippen molar-refractivity contribution in [2.24, 2.45) is 0 Å². The molecule has 0 bridgehead atoms. The highest BCUT2D eigenvalue weighted by Crippen LogP contribution is 2.15. The summed E-state index contributed by atoms with van der Waals surface area (Å²) in [6.45, 7) is 4.58. The Morgan fingerprint density at radius 1 is 0.330 bits per heavy atom. The quantitative estimate of drug-likeness (QED) is 0.0211. The number of hydrogen-bond donors (Lipinski definition) is 1.